The molecule has 5 heteroatoms. The maximum Gasteiger partial charge on any atom is 0.406 e. The number of hydrogen-bond donors (Lipinski definition) is 1. The quantitative estimate of drug-likeness (QED) is 0.671. The van der Waals surface area contributed by atoms with Crippen molar-refractivity contribution in [2.45, 2.75) is 24.6 Å². The molecule has 1 fully saturated rings. The molecule has 0 atom stereocenters. The molecule has 1 rings (SSSR count). The van der Waals surface area contributed by atoms with Gasteiger partial charge in [-0.2, -0.15) is 13.2 Å². The number of nitrogens with one attached hydrogen (secondary N) is 1. The van der Waals surface area contributed by atoms with Crippen molar-refractivity contribution >= 4 is 6.29 Å². The van der Waals surface area contributed by atoms with E-state index in [9.17, 15) is 18.0 Å². The summed E-state index contributed by atoms with van der Waals surface area (Å²) in [5, 5.41) is 2.11. The zero-order valence-electron chi connectivity index (χ0n) is 5.66. The van der Waals surface area contributed by atoms with E-state index >= 15 is 0 Å². The SMILES string of the molecule is O=[C]CNC1(C(F)(F)F)CC1. The van der Waals surface area contributed by atoms with E-state index in [1.165, 1.54) is 6.29 Å². The first kappa shape index (κ1) is 8.52. The summed E-state index contributed by atoms with van der Waals surface area (Å²) >= 11 is 0. The summed E-state index contributed by atoms with van der Waals surface area (Å²) in [4.78, 5) is 9.65. The Morgan fingerprint density at radius 1 is 1.45 bits per heavy atom. The van der Waals surface area contributed by atoms with E-state index < -0.39 is 11.7 Å². The molecule has 63 valence electrons. The maximum absolute atomic E-state index is 12.0. The molecule has 11 heavy (non-hydrogen) atoms. The summed E-state index contributed by atoms with van der Waals surface area (Å²) in [5.41, 5.74) is -1.77. The third-order valence-electron chi connectivity index (χ3n) is 1.79. The topological polar surface area (TPSA) is 29.1 Å². The van der Waals surface area contributed by atoms with Crippen molar-refractivity contribution in [2.75, 3.05) is 6.54 Å². The molecule has 0 amide bonds. The van der Waals surface area contributed by atoms with Crippen LogP contribution in [0.2, 0.25) is 0 Å². The highest BCUT2D eigenvalue weighted by Gasteiger charge is 2.62. The van der Waals surface area contributed by atoms with Gasteiger partial charge >= 0.3 is 6.18 Å². The third kappa shape index (κ3) is 1.53. The van der Waals surface area contributed by atoms with Crippen LogP contribution < -0.4 is 5.32 Å². The highest BCUT2D eigenvalue weighted by Crippen LogP contribution is 2.48. The Balaban J connectivity index is 2.47. The average molecular weight is 166 g/mol. The minimum Gasteiger partial charge on any atom is -0.296 e. The lowest BCUT2D eigenvalue weighted by Gasteiger charge is -2.18. The van der Waals surface area contributed by atoms with Gasteiger partial charge in [-0.05, 0) is 12.8 Å². The van der Waals surface area contributed by atoms with Crippen LogP contribution >= 0.6 is 0 Å². The van der Waals surface area contributed by atoms with Crippen LogP contribution in [0.5, 0.6) is 0 Å². The van der Waals surface area contributed by atoms with Gasteiger partial charge in [0.05, 0.1) is 6.54 Å². The molecular formula is C6H7F3NO. The lowest BCUT2D eigenvalue weighted by molar-refractivity contribution is -0.164. The summed E-state index contributed by atoms with van der Waals surface area (Å²) in [6.45, 7) is -0.348. The zero-order chi connectivity index (χ0) is 8.54. The van der Waals surface area contributed by atoms with E-state index in [-0.39, 0.29) is 19.4 Å². The Morgan fingerprint density at radius 3 is 2.27 bits per heavy atom. The smallest absolute Gasteiger partial charge is 0.296 e. The minimum atomic E-state index is -4.23. The van der Waals surface area contributed by atoms with Gasteiger partial charge in [0.25, 0.3) is 0 Å². The van der Waals surface area contributed by atoms with Crippen LogP contribution in [0, 0.1) is 0 Å². The number of carbonyl (C=O) groups excluding carboxylic acids is 1. The number of hydrogen-bond acceptors (Lipinski definition) is 2. The molecule has 0 aromatic rings. The van der Waals surface area contributed by atoms with Gasteiger partial charge in [-0.15, -0.1) is 0 Å². The Bertz CT molecular complexity index is 162. The van der Waals surface area contributed by atoms with Crippen molar-refractivity contribution in [1.29, 1.82) is 0 Å². The molecule has 0 heterocycles. The average Bonchev–Trinajstić information content (AvgIpc) is 2.61. The molecule has 0 bridgehead atoms. The number of halogens is 3. The molecule has 0 aliphatic heterocycles. The Morgan fingerprint density at radius 2 is 2.00 bits per heavy atom. The van der Waals surface area contributed by atoms with Crippen molar-refractivity contribution < 1.29 is 18.0 Å². The first-order chi connectivity index (χ1) is 5.02. The van der Waals surface area contributed by atoms with Crippen molar-refractivity contribution in [1.82, 2.24) is 5.32 Å². The van der Waals surface area contributed by atoms with Crippen LogP contribution in [-0.2, 0) is 4.79 Å². The van der Waals surface area contributed by atoms with Crippen LogP contribution in [-0.4, -0.2) is 24.5 Å². The van der Waals surface area contributed by atoms with E-state index in [0.717, 1.165) is 0 Å². The van der Waals surface area contributed by atoms with Crippen LogP contribution in [0.4, 0.5) is 13.2 Å². The molecule has 0 aromatic heterocycles. The van der Waals surface area contributed by atoms with Gasteiger partial charge in [0.2, 0.25) is 6.29 Å². The molecule has 0 spiro atoms. The molecular weight excluding hydrogens is 159 g/mol. The van der Waals surface area contributed by atoms with Gasteiger partial charge in [0.15, 0.2) is 0 Å². The lowest BCUT2D eigenvalue weighted by atomic mass is 10.2. The fourth-order valence-electron chi connectivity index (χ4n) is 0.891. The van der Waals surface area contributed by atoms with Gasteiger partial charge < -0.3 is 0 Å². The Labute approximate surface area is 61.8 Å². The summed E-state index contributed by atoms with van der Waals surface area (Å²) < 4.78 is 36.1. The summed E-state index contributed by atoms with van der Waals surface area (Å²) in [5.74, 6) is 0. The van der Waals surface area contributed by atoms with Crippen LogP contribution in [0.15, 0.2) is 0 Å². The molecule has 0 unspecified atom stereocenters. The lowest BCUT2D eigenvalue weighted by Crippen LogP contribution is -2.45. The van der Waals surface area contributed by atoms with Gasteiger partial charge in [-0.1, -0.05) is 0 Å². The number of alkyl halides is 3. The van der Waals surface area contributed by atoms with E-state index in [4.69, 9.17) is 0 Å². The first-order valence-corrected chi connectivity index (χ1v) is 3.19. The summed E-state index contributed by atoms with van der Waals surface area (Å²) in [6.07, 6.45) is -2.72. The summed E-state index contributed by atoms with van der Waals surface area (Å²) in [6, 6.07) is 0. The Kier molecular flexibility index (Phi) is 1.92. The van der Waals surface area contributed by atoms with Crippen LogP contribution in [0.3, 0.4) is 0 Å². The first-order valence-electron chi connectivity index (χ1n) is 3.19. The van der Waals surface area contributed by atoms with Crippen molar-refractivity contribution in [3.05, 3.63) is 0 Å². The molecule has 1 aliphatic rings. The predicted octanol–water partition coefficient (Wildman–Crippen LogP) is 0.781. The van der Waals surface area contributed by atoms with E-state index in [2.05, 4.69) is 5.32 Å². The van der Waals surface area contributed by atoms with Crippen molar-refractivity contribution in [3.63, 3.8) is 0 Å². The molecule has 1 aliphatic carbocycles. The number of rotatable bonds is 3. The monoisotopic (exact) mass is 166 g/mol. The standard InChI is InChI=1S/C6H7F3NO/c7-6(8,9)5(1-2-5)10-3-4-11/h10H,1-3H2. The van der Waals surface area contributed by atoms with Crippen LogP contribution in [0.1, 0.15) is 12.8 Å². The van der Waals surface area contributed by atoms with Gasteiger partial charge in [0.1, 0.15) is 5.54 Å². The fourth-order valence-corrected chi connectivity index (χ4v) is 0.891. The van der Waals surface area contributed by atoms with Gasteiger partial charge in [-0.3, -0.25) is 10.1 Å². The molecule has 1 saturated carbocycles. The summed E-state index contributed by atoms with van der Waals surface area (Å²) in [7, 11) is 0. The fraction of sp³-hybridized carbons (Fsp3) is 0.833. The second-order valence-corrected chi connectivity index (χ2v) is 2.58. The van der Waals surface area contributed by atoms with E-state index in [1.807, 2.05) is 0 Å². The predicted molar refractivity (Wildman–Crippen MR) is 31.7 cm³/mol. The molecule has 2 nitrogen and oxygen atoms in total. The Hall–Kier alpha value is -0.580. The van der Waals surface area contributed by atoms with Crippen LogP contribution in [0.25, 0.3) is 0 Å². The molecule has 0 aromatic carbocycles. The van der Waals surface area contributed by atoms with Gasteiger partial charge in [0, 0.05) is 0 Å². The second-order valence-electron chi connectivity index (χ2n) is 2.58. The van der Waals surface area contributed by atoms with Crippen molar-refractivity contribution in [2.24, 2.45) is 0 Å². The minimum absolute atomic E-state index is 0.0676. The van der Waals surface area contributed by atoms with E-state index in [1.54, 1.807) is 0 Å². The maximum atomic E-state index is 12.0. The second kappa shape index (κ2) is 2.48. The highest BCUT2D eigenvalue weighted by molar-refractivity contribution is 5.53. The normalized spacial score (nSPS) is 21.4. The van der Waals surface area contributed by atoms with E-state index in [0.29, 0.717) is 0 Å². The molecule has 1 N–H and O–H groups in total. The van der Waals surface area contributed by atoms with Gasteiger partial charge in [-0.25, -0.2) is 0 Å². The molecule has 0 saturated heterocycles. The zero-order valence-corrected chi connectivity index (χ0v) is 5.66. The highest BCUT2D eigenvalue weighted by atomic mass is 19.4. The molecule has 1 radical (unpaired) electrons. The van der Waals surface area contributed by atoms with Crippen molar-refractivity contribution in [3.8, 4) is 0 Å². The third-order valence-corrected chi connectivity index (χ3v) is 1.79. The largest absolute Gasteiger partial charge is 0.406 e.